The largest absolute Gasteiger partial charge is 0.377 e. The first kappa shape index (κ1) is 13.2. The van der Waals surface area contributed by atoms with Gasteiger partial charge < -0.3 is 20.7 Å². The van der Waals surface area contributed by atoms with Crippen LogP contribution in [0.2, 0.25) is 0 Å². The Morgan fingerprint density at radius 1 is 1.38 bits per heavy atom. The summed E-state index contributed by atoms with van der Waals surface area (Å²) in [5, 5.41) is 3.03. The Bertz CT molecular complexity index is 283. The smallest absolute Gasteiger partial charge is 0.242 e. The number of amides is 2. The van der Waals surface area contributed by atoms with Gasteiger partial charge in [-0.1, -0.05) is 0 Å². The maximum absolute atomic E-state index is 11.9. The Labute approximate surface area is 99.9 Å². The van der Waals surface area contributed by atoms with E-state index < -0.39 is 11.9 Å². The van der Waals surface area contributed by atoms with Crippen molar-refractivity contribution < 1.29 is 14.3 Å². The quantitative estimate of drug-likeness (QED) is 0.614. The lowest BCUT2D eigenvalue weighted by Crippen LogP contribution is -2.60. The minimum absolute atomic E-state index is 0. The maximum Gasteiger partial charge on any atom is 0.242 e. The number of carbonyl (C=O) groups is 2. The van der Waals surface area contributed by atoms with Crippen molar-refractivity contribution in [3.8, 4) is 0 Å². The SMILES string of the molecule is Cl.NC(=O)C1COCCN1C(=O)C1CNC1. The van der Waals surface area contributed by atoms with Gasteiger partial charge in [0.05, 0.1) is 19.1 Å². The van der Waals surface area contributed by atoms with E-state index in [4.69, 9.17) is 10.5 Å². The van der Waals surface area contributed by atoms with Gasteiger partial charge in [-0.25, -0.2) is 0 Å². The van der Waals surface area contributed by atoms with Crippen LogP contribution in [-0.2, 0) is 14.3 Å². The van der Waals surface area contributed by atoms with Crippen LogP contribution in [0.25, 0.3) is 0 Å². The number of ether oxygens (including phenoxy) is 1. The zero-order valence-electron chi connectivity index (χ0n) is 8.85. The summed E-state index contributed by atoms with van der Waals surface area (Å²) in [7, 11) is 0. The van der Waals surface area contributed by atoms with Crippen LogP contribution in [-0.4, -0.2) is 55.6 Å². The predicted octanol–water partition coefficient (Wildman–Crippen LogP) is -1.66. The van der Waals surface area contributed by atoms with Crippen LogP contribution in [0.15, 0.2) is 0 Å². The van der Waals surface area contributed by atoms with Crippen molar-refractivity contribution in [2.24, 2.45) is 11.7 Å². The molecule has 2 amide bonds. The zero-order valence-corrected chi connectivity index (χ0v) is 9.66. The molecular weight excluding hydrogens is 234 g/mol. The van der Waals surface area contributed by atoms with Gasteiger partial charge in [0, 0.05) is 19.6 Å². The minimum atomic E-state index is -0.591. The number of nitrogens with two attached hydrogens (primary N) is 1. The lowest BCUT2D eigenvalue weighted by molar-refractivity contribution is -0.151. The van der Waals surface area contributed by atoms with Crippen molar-refractivity contribution >= 4 is 24.2 Å². The highest BCUT2D eigenvalue weighted by molar-refractivity contribution is 5.88. The van der Waals surface area contributed by atoms with Crippen LogP contribution in [0.4, 0.5) is 0 Å². The first-order chi connectivity index (χ1) is 7.20. The molecule has 2 heterocycles. The minimum Gasteiger partial charge on any atom is -0.377 e. The number of hydrogen-bond acceptors (Lipinski definition) is 4. The number of hydrogen-bond donors (Lipinski definition) is 2. The van der Waals surface area contributed by atoms with Gasteiger partial charge in [0.2, 0.25) is 11.8 Å². The summed E-state index contributed by atoms with van der Waals surface area (Å²) in [5.41, 5.74) is 5.23. The van der Waals surface area contributed by atoms with E-state index in [2.05, 4.69) is 5.32 Å². The predicted molar refractivity (Wildman–Crippen MR) is 59.1 cm³/mol. The van der Waals surface area contributed by atoms with Crippen LogP contribution in [0.3, 0.4) is 0 Å². The molecule has 0 saturated carbocycles. The highest BCUT2D eigenvalue weighted by Gasteiger charge is 2.36. The van der Waals surface area contributed by atoms with Crippen LogP contribution in [0.5, 0.6) is 0 Å². The van der Waals surface area contributed by atoms with Gasteiger partial charge in [-0.05, 0) is 0 Å². The fourth-order valence-corrected chi connectivity index (χ4v) is 1.80. The fourth-order valence-electron chi connectivity index (χ4n) is 1.80. The molecule has 92 valence electrons. The highest BCUT2D eigenvalue weighted by Crippen LogP contribution is 2.14. The Morgan fingerprint density at radius 2 is 2.06 bits per heavy atom. The van der Waals surface area contributed by atoms with Gasteiger partial charge in [0.15, 0.2) is 0 Å². The van der Waals surface area contributed by atoms with Crippen LogP contribution < -0.4 is 11.1 Å². The number of morpholine rings is 1. The van der Waals surface area contributed by atoms with E-state index in [0.717, 1.165) is 0 Å². The number of primary amides is 1. The number of carbonyl (C=O) groups excluding carboxylic acids is 2. The molecule has 2 aliphatic heterocycles. The Balaban J connectivity index is 0.00000128. The summed E-state index contributed by atoms with van der Waals surface area (Å²) in [6, 6.07) is -0.591. The summed E-state index contributed by atoms with van der Waals surface area (Å²) >= 11 is 0. The van der Waals surface area contributed by atoms with Crippen LogP contribution in [0.1, 0.15) is 0 Å². The topological polar surface area (TPSA) is 84.7 Å². The third kappa shape index (κ3) is 2.45. The molecule has 1 unspecified atom stereocenters. The first-order valence-electron chi connectivity index (χ1n) is 5.08. The van der Waals surface area contributed by atoms with Crippen molar-refractivity contribution in [1.29, 1.82) is 0 Å². The second-order valence-corrected chi connectivity index (χ2v) is 3.88. The van der Waals surface area contributed by atoms with Crippen LogP contribution >= 0.6 is 12.4 Å². The maximum atomic E-state index is 11.9. The summed E-state index contributed by atoms with van der Waals surface area (Å²) in [5.74, 6) is -0.471. The molecule has 2 fully saturated rings. The van der Waals surface area contributed by atoms with E-state index in [1.54, 1.807) is 4.90 Å². The molecule has 0 spiro atoms. The lowest BCUT2D eigenvalue weighted by atomic mass is 10.0. The molecule has 0 bridgehead atoms. The van der Waals surface area contributed by atoms with Gasteiger partial charge in [-0.15, -0.1) is 12.4 Å². The van der Waals surface area contributed by atoms with Gasteiger partial charge in [-0.2, -0.15) is 0 Å². The van der Waals surface area contributed by atoms with Crippen molar-refractivity contribution in [1.82, 2.24) is 10.2 Å². The molecule has 6 nitrogen and oxygen atoms in total. The Hall–Kier alpha value is -0.850. The Morgan fingerprint density at radius 3 is 2.56 bits per heavy atom. The number of halogens is 1. The van der Waals surface area contributed by atoms with Gasteiger partial charge in [-0.3, -0.25) is 9.59 Å². The molecule has 0 aromatic heterocycles. The van der Waals surface area contributed by atoms with E-state index in [9.17, 15) is 9.59 Å². The fraction of sp³-hybridized carbons (Fsp3) is 0.778. The average molecular weight is 250 g/mol. The molecule has 0 radical (unpaired) electrons. The second kappa shape index (κ2) is 5.47. The van der Waals surface area contributed by atoms with E-state index in [0.29, 0.717) is 26.2 Å². The Kier molecular flexibility index (Phi) is 4.52. The molecule has 7 heteroatoms. The summed E-state index contributed by atoms with van der Waals surface area (Å²) in [6.45, 7) is 2.56. The summed E-state index contributed by atoms with van der Waals surface area (Å²) in [6.07, 6.45) is 0. The normalized spacial score (nSPS) is 25.5. The monoisotopic (exact) mass is 249 g/mol. The molecule has 0 aromatic carbocycles. The standard InChI is InChI=1S/C9H15N3O3.ClH/c10-8(13)7-5-15-2-1-12(7)9(14)6-3-11-4-6;/h6-7,11H,1-5H2,(H2,10,13);1H. The van der Waals surface area contributed by atoms with Crippen molar-refractivity contribution in [3.63, 3.8) is 0 Å². The highest BCUT2D eigenvalue weighted by atomic mass is 35.5. The van der Waals surface area contributed by atoms with Gasteiger partial charge >= 0.3 is 0 Å². The molecule has 0 aromatic rings. The van der Waals surface area contributed by atoms with E-state index in [-0.39, 0.29) is 30.8 Å². The van der Waals surface area contributed by atoms with Gasteiger partial charge in [0.25, 0.3) is 0 Å². The third-order valence-electron chi connectivity index (χ3n) is 2.87. The average Bonchev–Trinajstić information content (AvgIpc) is 2.15. The number of rotatable bonds is 2. The van der Waals surface area contributed by atoms with E-state index >= 15 is 0 Å². The second-order valence-electron chi connectivity index (χ2n) is 3.88. The third-order valence-corrected chi connectivity index (χ3v) is 2.87. The molecule has 16 heavy (non-hydrogen) atoms. The lowest BCUT2D eigenvalue weighted by Gasteiger charge is -2.38. The molecule has 2 aliphatic rings. The molecular formula is C9H16ClN3O3. The molecule has 1 atom stereocenters. The zero-order chi connectivity index (χ0) is 10.8. The summed E-state index contributed by atoms with van der Waals surface area (Å²) < 4.78 is 5.14. The van der Waals surface area contributed by atoms with Crippen molar-refractivity contribution in [3.05, 3.63) is 0 Å². The number of nitrogens with zero attached hydrogens (tertiary/aromatic N) is 1. The van der Waals surface area contributed by atoms with Crippen LogP contribution in [0, 0.1) is 5.92 Å². The first-order valence-corrected chi connectivity index (χ1v) is 5.08. The van der Waals surface area contributed by atoms with Crippen molar-refractivity contribution in [2.45, 2.75) is 6.04 Å². The van der Waals surface area contributed by atoms with Gasteiger partial charge in [0.1, 0.15) is 6.04 Å². The molecule has 2 saturated heterocycles. The molecule has 0 aliphatic carbocycles. The van der Waals surface area contributed by atoms with Crippen molar-refractivity contribution in [2.75, 3.05) is 32.8 Å². The molecule has 2 rings (SSSR count). The number of nitrogens with one attached hydrogen (secondary N) is 1. The molecule has 3 N–H and O–H groups in total. The van der Waals surface area contributed by atoms with E-state index in [1.165, 1.54) is 0 Å². The summed E-state index contributed by atoms with van der Waals surface area (Å²) in [4.78, 5) is 24.6. The van der Waals surface area contributed by atoms with E-state index in [1.807, 2.05) is 0 Å².